The average Bonchev–Trinajstić information content (AvgIpc) is 2.48. The van der Waals surface area contributed by atoms with E-state index in [9.17, 15) is 22.8 Å². The molecule has 1 aromatic rings. The van der Waals surface area contributed by atoms with Crippen LogP contribution in [-0.4, -0.2) is 36.3 Å². The van der Waals surface area contributed by atoms with Crippen LogP contribution in [0.25, 0.3) is 0 Å². The van der Waals surface area contributed by atoms with E-state index in [1.165, 1.54) is 0 Å². The molecule has 22 heavy (non-hydrogen) atoms. The number of hydrogen-bond acceptors (Lipinski definition) is 3. The minimum Gasteiger partial charge on any atom is -0.369 e. The normalized spacial score (nSPS) is 19.0. The van der Waals surface area contributed by atoms with Crippen LogP contribution in [0.15, 0.2) is 12.1 Å². The molecule has 0 unspecified atom stereocenters. The first-order valence-electron chi connectivity index (χ1n) is 6.83. The molecule has 1 fully saturated rings. The monoisotopic (exact) mass is 315 g/mol. The van der Waals surface area contributed by atoms with Crippen molar-refractivity contribution in [3.63, 3.8) is 0 Å². The number of nitrogens with one attached hydrogen (secondary N) is 1. The van der Waals surface area contributed by atoms with E-state index in [-0.39, 0.29) is 12.5 Å². The van der Waals surface area contributed by atoms with E-state index in [4.69, 9.17) is 5.73 Å². The first kappa shape index (κ1) is 16.3. The summed E-state index contributed by atoms with van der Waals surface area (Å²) in [5.74, 6) is -5.71. The maximum atomic E-state index is 13.5. The molecule has 1 aliphatic rings. The van der Waals surface area contributed by atoms with Gasteiger partial charge in [-0.3, -0.25) is 14.5 Å². The van der Waals surface area contributed by atoms with Gasteiger partial charge in [0.2, 0.25) is 11.8 Å². The van der Waals surface area contributed by atoms with Gasteiger partial charge in [-0.2, -0.15) is 0 Å². The molecule has 120 valence electrons. The lowest BCUT2D eigenvalue weighted by atomic mass is 9.97. The lowest BCUT2D eigenvalue weighted by molar-refractivity contribution is -0.125. The molecule has 5 nitrogen and oxygen atoms in total. The molecule has 3 N–H and O–H groups in total. The summed E-state index contributed by atoms with van der Waals surface area (Å²) in [6.07, 6.45) is 1.39. The summed E-state index contributed by atoms with van der Waals surface area (Å²) in [5.41, 5.74) is 4.82. The molecule has 2 rings (SSSR count). The Morgan fingerprint density at radius 1 is 1.27 bits per heavy atom. The van der Waals surface area contributed by atoms with Crippen LogP contribution >= 0.6 is 0 Å². The molecule has 0 aromatic heterocycles. The maximum Gasteiger partial charge on any atom is 0.238 e. The SMILES string of the molecule is NC(=O)[C@@H]1CCCN(CC(=O)Nc2ccc(F)c(F)c2F)C1. The van der Waals surface area contributed by atoms with Crippen molar-refractivity contribution in [3.05, 3.63) is 29.6 Å². The molecule has 0 aliphatic carbocycles. The zero-order valence-corrected chi connectivity index (χ0v) is 11.7. The lowest BCUT2D eigenvalue weighted by Crippen LogP contribution is -2.44. The Morgan fingerprint density at radius 3 is 2.68 bits per heavy atom. The van der Waals surface area contributed by atoms with Crippen LogP contribution in [-0.2, 0) is 9.59 Å². The number of piperidine rings is 1. The third-order valence-corrected chi connectivity index (χ3v) is 3.58. The molecule has 2 amide bonds. The molecule has 0 spiro atoms. The number of likely N-dealkylation sites (tertiary alicyclic amines) is 1. The van der Waals surface area contributed by atoms with Gasteiger partial charge in [-0.25, -0.2) is 13.2 Å². The first-order valence-corrected chi connectivity index (χ1v) is 6.83. The van der Waals surface area contributed by atoms with Crippen molar-refractivity contribution < 1.29 is 22.8 Å². The molecule has 1 aromatic carbocycles. The topological polar surface area (TPSA) is 75.4 Å². The van der Waals surface area contributed by atoms with Gasteiger partial charge in [-0.05, 0) is 31.5 Å². The number of rotatable bonds is 4. The second kappa shape index (κ2) is 6.78. The maximum absolute atomic E-state index is 13.5. The predicted molar refractivity (Wildman–Crippen MR) is 73.3 cm³/mol. The van der Waals surface area contributed by atoms with Crippen molar-refractivity contribution in [2.75, 3.05) is 25.0 Å². The van der Waals surface area contributed by atoms with Gasteiger partial charge in [0.05, 0.1) is 18.2 Å². The molecular weight excluding hydrogens is 299 g/mol. The summed E-state index contributed by atoms with van der Waals surface area (Å²) in [5, 5.41) is 2.19. The number of anilines is 1. The van der Waals surface area contributed by atoms with E-state index < -0.39 is 35.0 Å². The van der Waals surface area contributed by atoms with Crippen LogP contribution in [0.4, 0.5) is 18.9 Å². The minimum absolute atomic E-state index is 0.0811. The van der Waals surface area contributed by atoms with Crippen molar-refractivity contribution in [1.29, 1.82) is 0 Å². The average molecular weight is 315 g/mol. The van der Waals surface area contributed by atoms with Gasteiger partial charge in [-0.1, -0.05) is 0 Å². The summed E-state index contributed by atoms with van der Waals surface area (Å²) in [6, 6.07) is 1.69. The molecule has 1 atom stereocenters. The van der Waals surface area contributed by atoms with E-state index in [1.807, 2.05) is 0 Å². The molecule has 1 heterocycles. The Morgan fingerprint density at radius 2 is 2.00 bits per heavy atom. The molecule has 1 saturated heterocycles. The standard InChI is InChI=1S/C14H16F3N3O2/c15-9-3-4-10(13(17)12(9)16)19-11(21)7-20-5-1-2-8(6-20)14(18)22/h3-4,8H,1-2,5-7H2,(H2,18,22)(H,19,21)/t8-/m1/s1. The third-order valence-electron chi connectivity index (χ3n) is 3.58. The number of primary amides is 1. The van der Waals surface area contributed by atoms with Crippen molar-refractivity contribution in [3.8, 4) is 0 Å². The predicted octanol–water partition coefficient (Wildman–Crippen LogP) is 1.24. The zero-order valence-electron chi connectivity index (χ0n) is 11.7. The smallest absolute Gasteiger partial charge is 0.238 e. The highest BCUT2D eigenvalue weighted by Crippen LogP contribution is 2.20. The van der Waals surface area contributed by atoms with Crippen molar-refractivity contribution >= 4 is 17.5 Å². The van der Waals surface area contributed by atoms with Gasteiger partial charge >= 0.3 is 0 Å². The number of halogens is 3. The number of carbonyl (C=O) groups excluding carboxylic acids is 2. The fourth-order valence-corrected chi connectivity index (χ4v) is 2.45. The summed E-state index contributed by atoms with van der Waals surface area (Å²) >= 11 is 0. The number of amides is 2. The van der Waals surface area contributed by atoms with E-state index in [1.54, 1.807) is 4.90 Å². The largest absolute Gasteiger partial charge is 0.369 e. The Hall–Kier alpha value is -2.09. The van der Waals surface area contributed by atoms with Gasteiger partial charge in [-0.15, -0.1) is 0 Å². The zero-order chi connectivity index (χ0) is 16.3. The Balaban J connectivity index is 1.96. The number of nitrogens with two attached hydrogens (primary N) is 1. The molecule has 0 radical (unpaired) electrons. The fourth-order valence-electron chi connectivity index (χ4n) is 2.45. The van der Waals surface area contributed by atoms with E-state index >= 15 is 0 Å². The molecule has 8 heteroatoms. The highest BCUT2D eigenvalue weighted by Gasteiger charge is 2.25. The van der Waals surface area contributed by atoms with Gasteiger partial charge in [0.15, 0.2) is 17.5 Å². The second-order valence-corrected chi connectivity index (χ2v) is 5.25. The molecule has 0 bridgehead atoms. The number of nitrogens with zero attached hydrogens (tertiary/aromatic N) is 1. The first-order chi connectivity index (χ1) is 10.4. The highest BCUT2D eigenvalue weighted by atomic mass is 19.2. The van der Waals surface area contributed by atoms with Crippen molar-refractivity contribution in [2.24, 2.45) is 11.7 Å². The van der Waals surface area contributed by atoms with Crippen LogP contribution in [0.1, 0.15) is 12.8 Å². The molecular formula is C14H16F3N3O2. The van der Waals surface area contributed by atoms with Crippen LogP contribution in [0.5, 0.6) is 0 Å². The van der Waals surface area contributed by atoms with E-state index in [2.05, 4.69) is 5.32 Å². The quantitative estimate of drug-likeness (QED) is 0.821. The second-order valence-electron chi connectivity index (χ2n) is 5.25. The highest BCUT2D eigenvalue weighted by molar-refractivity contribution is 5.92. The van der Waals surface area contributed by atoms with Gasteiger partial charge in [0.25, 0.3) is 0 Å². The third kappa shape index (κ3) is 3.76. The van der Waals surface area contributed by atoms with Crippen molar-refractivity contribution in [2.45, 2.75) is 12.8 Å². The van der Waals surface area contributed by atoms with Crippen LogP contribution < -0.4 is 11.1 Å². The van der Waals surface area contributed by atoms with Gasteiger partial charge < -0.3 is 11.1 Å². The van der Waals surface area contributed by atoms with Crippen LogP contribution in [0.2, 0.25) is 0 Å². The van der Waals surface area contributed by atoms with E-state index in [0.29, 0.717) is 19.5 Å². The number of carbonyl (C=O) groups is 2. The summed E-state index contributed by atoms with van der Waals surface area (Å²) in [4.78, 5) is 24.7. The van der Waals surface area contributed by atoms with Crippen LogP contribution in [0.3, 0.4) is 0 Å². The Labute approximate surface area is 125 Å². The minimum atomic E-state index is -1.63. The van der Waals surface area contributed by atoms with Crippen LogP contribution in [0, 0.1) is 23.4 Å². The number of hydrogen-bond donors (Lipinski definition) is 2. The van der Waals surface area contributed by atoms with Gasteiger partial charge in [0, 0.05) is 6.54 Å². The summed E-state index contributed by atoms with van der Waals surface area (Å²) < 4.78 is 39.4. The number of benzene rings is 1. The molecule has 1 aliphatic heterocycles. The fraction of sp³-hybridized carbons (Fsp3) is 0.429. The molecule has 0 saturated carbocycles. The lowest BCUT2D eigenvalue weighted by Gasteiger charge is -2.30. The Kier molecular flexibility index (Phi) is 5.02. The van der Waals surface area contributed by atoms with E-state index in [0.717, 1.165) is 18.6 Å². The Bertz CT molecular complexity index is 595. The summed E-state index contributed by atoms with van der Waals surface area (Å²) in [6.45, 7) is 0.878. The summed E-state index contributed by atoms with van der Waals surface area (Å²) in [7, 11) is 0. The van der Waals surface area contributed by atoms with Crippen molar-refractivity contribution in [1.82, 2.24) is 4.90 Å². The van der Waals surface area contributed by atoms with Gasteiger partial charge in [0.1, 0.15) is 0 Å².